The number of nitrogens with two attached hydrogens (primary N) is 2. The number of carboxylic acids is 2. The van der Waals surface area contributed by atoms with E-state index in [-0.39, 0.29) is 39.7 Å². The standard InChI is InChI=1S/2C7H7NO3.Cu/c2*8-4-1-2-5(7(10)11)6(9)3-4;/h2*1-3,9H,8H2,(H,10,11);. The molecule has 2 rings (SSSR count). The summed E-state index contributed by atoms with van der Waals surface area (Å²) in [7, 11) is 0. The summed E-state index contributed by atoms with van der Waals surface area (Å²) in [5.41, 5.74) is 11.0. The molecule has 0 fully saturated rings. The van der Waals surface area contributed by atoms with Crippen LogP contribution in [0.2, 0.25) is 0 Å². The minimum Gasteiger partial charge on any atom is -0.507 e. The molecule has 0 aliphatic heterocycles. The molecule has 8 nitrogen and oxygen atoms in total. The average molecular weight is 370 g/mol. The number of benzene rings is 2. The van der Waals surface area contributed by atoms with E-state index >= 15 is 0 Å². The Balaban J connectivity index is 0.000000403. The number of hydrogen-bond acceptors (Lipinski definition) is 6. The number of rotatable bonds is 2. The van der Waals surface area contributed by atoms with Gasteiger partial charge in [0.05, 0.1) is 0 Å². The maximum Gasteiger partial charge on any atom is 0.339 e. The van der Waals surface area contributed by atoms with Gasteiger partial charge < -0.3 is 31.9 Å². The first-order valence-corrected chi connectivity index (χ1v) is 5.86. The van der Waals surface area contributed by atoms with Crippen LogP contribution in [0.1, 0.15) is 20.7 Å². The van der Waals surface area contributed by atoms with Gasteiger partial charge in [0, 0.05) is 40.6 Å². The van der Waals surface area contributed by atoms with Crippen LogP contribution < -0.4 is 11.5 Å². The molecule has 0 bridgehead atoms. The minimum absolute atomic E-state index is 0. The Morgan fingerprint density at radius 1 is 0.739 bits per heavy atom. The van der Waals surface area contributed by atoms with Crippen molar-refractivity contribution in [2.24, 2.45) is 0 Å². The maximum absolute atomic E-state index is 10.3. The number of carbonyl (C=O) groups is 2. The van der Waals surface area contributed by atoms with Crippen LogP contribution in [0.3, 0.4) is 0 Å². The monoisotopic (exact) mass is 369 g/mol. The fourth-order valence-corrected chi connectivity index (χ4v) is 1.46. The molecule has 9 heteroatoms. The van der Waals surface area contributed by atoms with Crippen molar-refractivity contribution in [3.63, 3.8) is 0 Å². The van der Waals surface area contributed by atoms with Gasteiger partial charge in [-0.3, -0.25) is 0 Å². The van der Waals surface area contributed by atoms with E-state index in [9.17, 15) is 9.59 Å². The van der Waals surface area contributed by atoms with Crippen LogP contribution in [0.4, 0.5) is 11.4 Å². The van der Waals surface area contributed by atoms with Gasteiger partial charge in [-0.25, -0.2) is 9.59 Å². The SMILES string of the molecule is Nc1ccc(C(=O)O)c(O)c1.Nc1ccc(C(=O)O)c(O)c1.[Cu]. The van der Waals surface area contributed by atoms with E-state index in [1.165, 1.54) is 36.4 Å². The van der Waals surface area contributed by atoms with Gasteiger partial charge in [0.1, 0.15) is 22.6 Å². The van der Waals surface area contributed by atoms with Gasteiger partial charge in [-0.15, -0.1) is 0 Å². The molecular formula is C14H14CuN2O6. The van der Waals surface area contributed by atoms with Crippen molar-refractivity contribution >= 4 is 23.3 Å². The van der Waals surface area contributed by atoms with Crippen molar-refractivity contribution in [3.05, 3.63) is 47.5 Å². The molecule has 2 aromatic carbocycles. The summed E-state index contributed by atoms with van der Waals surface area (Å²) < 4.78 is 0. The summed E-state index contributed by atoms with van der Waals surface area (Å²) in [4.78, 5) is 20.7. The zero-order valence-corrected chi connectivity index (χ0v) is 12.5. The number of aromatic hydroxyl groups is 2. The second kappa shape index (κ2) is 8.52. The summed E-state index contributed by atoms with van der Waals surface area (Å²) in [6.07, 6.45) is 0. The van der Waals surface area contributed by atoms with Crippen molar-refractivity contribution < 1.29 is 47.1 Å². The second-order valence-electron chi connectivity index (χ2n) is 4.16. The van der Waals surface area contributed by atoms with Gasteiger partial charge in [-0.05, 0) is 24.3 Å². The van der Waals surface area contributed by atoms with Gasteiger partial charge in [0.15, 0.2) is 0 Å². The molecule has 0 aliphatic rings. The smallest absolute Gasteiger partial charge is 0.339 e. The van der Waals surface area contributed by atoms with Gasteiger partial charge in [-0.2, -0.15) is 0 Å². The van der Waals surface area contributed by atoms with Crippen LogP contribution in [0.25, 0.3) is 0 Å². The van der Waals surface area contributed by atoms with Crippen molar-refractivity contribution in [1.29, 1.82) is 0 Å². The number of nitrogen functional groups attached to an aromatic ring is 2. The minimum atomic E-state index is -1.16. The largest absolute Gasteiger partial charge is 0.507 e. The molecule has 1 radical (unpaired) electrons. The molecule has 0 heterocycles. The third-order valence-electron chi connectivity index (χ3n) is 2.50. The summed E-state index contributed by atoms with van der Waals surface area (Å²) >= 11 is 0. The maximum atomic E-state index is 10.3. The molecule has 8 N–H and O–H groups in total. The van der Waals surface area contributed by atoms with Crippen LogP contribution in [0.15, 0.2) is 36.4 Å². The normalized spacial score (nSPS) is 9.04. The Morgan fingerprint density at radius 3 is 1.26 bits per heavy atom. The predicted molar refractivity (Wildman–Crippen MR) is 79.0 cm³/mol. The van der Waals surface area contributed by atoms with Crippen LogP contribution in [-0.4, -0.2) is 32.4 Å². The summed E-state index contributed by atoms with van der Waals surface area (Å²) in [5.74, 6) is -2.94. The number of hydrogen-bond donors (Lipinski definition) is 6. The first-order valence-electron chi connectivity index (χ1n) is 5.86. The zero-order chi connectivity index (χ0) is 16.9. The third-order valence-corrected chi connectivity index (χ3v) is 2.50. The number of carboxylic acid groups (broad SMARTS) is 2. The van der Waals surface area contributed by atoms with E-state index in [0.717, 1.165) is 0 Å². The molecule has 0 unspecified atom stereocenters. The molecule has 2 aromatic rings. The quantitative estimate of drug-likeness (QED) is 0.340. The Morgan fingerprint density at radius 2 is 1.04 bits per heavy atom. The van der Waals surface area contributed by atoms with E-state index < -0.39 is 11.9 Å². The van der Waals surface area contributed by atoms with Crippen molar-refractivity contribution in [2.75, 3.05) is 11.5 Å². The molecule has 0 aromatic heterocycles. The Bertz CT molecular complexity index is 659. The molecular weight excluding hydrogens is 356 g/mol. The molecule has 23 heavy (non-hydrogen) atoms. The Labute approximate surface area is 141 Å². The van der Waals surface area contributed by atoms with E-state index in [1.54, 1.807) is 0 Å². The van der Waals surface area contributed by atoms with E-state index in [1.807, 2.05) is 0 Å². The van der Waals surface area contributed by atoms with E-state index in [4.69, 9.17) is 31.9 Å². The first-order chi connectivity index (χ1) is 10.2. The average Bonchev–Trinajstić information content (AvgIpc) is 2.38. The van der Waals surface area contributed by atoms with Crippen LogP contribution in [-0.2, 0) is 17.1 Å². The van der Waals surface area contributed by atoms with Gasteiger partial charge in [0.25, 0.3) is 0 Å². The second-order valence-corrected chi connectivity index (χ2v) is 4.16. The van der Waals surface area contributed by atoms with Crippen molar-refractivity contribution in [3.8, 4) is 11.5 Å². The molecule has 0 saturated carbocycles. The summed E-state index contributed by atoms with van der Waals surface area (Å²) in [5, 5.41) is 34.9. The summed E-state index contributed by atoms with van der Waals surface area (Å²) in [6, 6.07) is 7.75. The molecule has 0 spiro atoms. The number of anilines is 2. The van der Waals surface area contributed by atoms with Gasteiger partial charge >= 0.3 is 11.9 Å². The topological polar surface area (TPSA) is 167 Å². The van der Waals surface area contributed by atoms with Crippen LogP contribution >= 0.6 is 0 Å². The predicted octanol–water partition coefficient (Wildman–Crippen LogP) is 1.34. The van der Waals surface area contributed by atoms with Crippen molar-refractivity contribution in [1.82, 2.24) is 0 Å². The Hall–Kier alpha value is -2.90. The zero-order valence-electron chi connectivity index (χ0n) is 11.5. The van der Waals surface area contributed by atoms with Gasteiger partial charge in [0.2, 0.25) is 0 Å². The fraction of sp³-hybridized carbons (Fsp3) is 0. The third kappa shape index (κ3) is 5.77. The molecule has 0 amide bonds. The number of phenols is 2. The molecule has 127 valence electrons. The summed E-state index contributed by atoms with van der Waals surface area (Å²) in [6.45, 7) is 0. The van der Waals surface area contributed by atoms with Crippen molar-refractivity contribution in [2.45, 2.75) is 0 Å². The van der Waals surface area contributed by atoms with Gasteiger partial charge in [-0.1, -0.05) is 0 Å². The number of aromatic carboxylic acids is 2. The van der Waals surface area contributed by atoms with Crippen LogP contribution in [0.5, 0.6) is 11.5 Å². The molecule has 0 aliphatic carbocycles. The van der Waals surface area contributed by atoms with E-state index in [0.29, 0.717) is 11.4 Å². The fourth-order valence-electron chi connectivity index (χ4n) is 1.46. The Kier molecular flexibility index (Phi) is 7.45. The van der Waals surface area contributed by atoms with Crippen LogP contribution in [0, 0.1) is 0 Å². The molecule has 0 saturated heterocycles. The first kappa shape index (κ1) is 20.1. The van der Waals surface area contributed by atoms with E-state index in [2.05, 4.69) is 0 Å². The molecule has 0 atom stereocenters.